The van der Waals surface area contributed by atoms with Crippen molar-refractivity contribution in [3.05, 3.63) is 95.8 Å². The van der Waals surface area contributed by atoms with Gasteiger partial charge in [0.2, 0.25) is 0 Å². The number of carbonyl (C=O) groups is 1. The van der Waals surface area contributed by atoms with Gasteiger partial charge in [0.15, 0.2) is 6.29 Å². The molecule has 0 saturated heterocycles. The molecule has 5 rings (SSSR count). The minimum Gasteiger partial charge on any atom is -0.457 e. The van der Waals surface area contributed by atoms with Gasteiger partial charge in [-0.1, -0.05) is 35.9 Å². The molecule has 0 amide bonds. The summed E-state index contributed by atoms with van der Waals surface area (Å²) in [5, 5.41) is 1.19. The van der Waals surface area contributed by atoms with Gasteiger partial charge in [-0.05, 0) is 49.4 Å². The Morgan fingerprint density at radius 1 is 0.943 bits per heavy atom. The summed E-state index contributed by atoms with van der Waals surface area (Å²) in [5.74, 6) is 1.18. The number of aromatic nitrogens is 2. The summed E-state index contributed by atoms with van der Waals surface area (Å²) in [7, 11) is -2.47. The van der Waals surface area contributed by atoms with Gasteiger partial charge >= 0.3 is 0 Å². The first-order chi connectivity index (χ1) is 16.9. The molecule has 3 aromatic carbocycles. The van der Waals surface area contributed by atoms with E-state index in [1.165, 1.54) is 17.3 Å². The number of rotatable bonds is 7. The zero-order valence-corrected chi connectivity index (χ0v) is 20.0. The first-order valence-electron chi connectivity index (χ1n) is 10.9. The third kappa shape index (κ3) is 3.96. The van der Waals surface area contributed by atoms with E-state index >= 15 is 0 Å². The van der Waals surface area contributed by atoms with Gasteiger partial charge in [-0.3, -0.25) is 9.78 Å². The Morgan fingerprint density at radius 3 is 2.37 bits per heavy atom. The Labute approximate surface area is 202 Å². The van der Waals surface area contributed by atoms with Crippen LogP contribution in [0.3, 0.4) is 0 Å². The van der Waals surface area contributed by atoms with Crippen molar-refractivity contribution in [2.45, 2.75) is 18.4 Å². The molecule has 0 atom stereocenters. The van der Waals surface area contributed by atoms with Crippen LogP contribution in [0.25, 0.3) is 21.8 Å². The molecule has 2 heterocycles. The Hall–Kier alpha value is -4.01. The van der Waals surface area contributed by atoms with E-state index in [9.17, 15) is 13.2 Å². The average Bonchev–Trinajstić information content (AvgIpc) is 3.20. The normalized spacial score (nSPS) is 11.7. The van der Waals surface area contributed by atoms with Crippen molar-refractivity contribution < 1.29 is 22.7 Å². The standard InChI is InChI=1S/C27H22N2O5S/c1-18-8-11-21(12-9-18)35(31,32)29-25-13-10-20(34-19-6-4-3-5-7-19)14-22(25)27-23(17-33-2)24(16-30)28-15-26(27)29/h3-16H,17H2,1-2H3. The number of hydrogen-bond acceptors (Lipinski definition) is 6. The molecule has 0 aliphatic carbocycles. The molecular formula is C27H22N2O5S. The molecule has 5 aromatic rings. The van der Waals surface area contributed by atoms with Crippen LogP contribution in [0.4, 0.5) is 0 Å². The summed E-state index contributed by atoms with van der Waals surface area (Å²) in [6.45, 7) is 1.99. The molecule has 0 aliphatic rings. The van der Waals surface area contributed by atoms with E-state index < -0.39 is 10.0 Å². The molecule has 0 unspecified atom stereocenters. The highest BCUT2D eigenvalue weighted by Gasteiger charge is 2.26. The molecule has 0 radical (unpaired) electrons. The minimum atomic E-state index is -3.98. The molecule has 0 bridgehead atoms. The number of aryl methyl sites for hydroxylation is 1. The predicted octanol–water partition coefficient (Wildman–Crippen LogP) is 5.49. The van der Waals surface area contributed by atoms with Crippen LogP contribution < -0.4 is 4.74 Å². The van der Waals surface area contributed by atoms with Crippen molar-refractivity contribution in [2.24, 2.45) is 0 Å². The monoisotopic (exact) mass is 486 g/mol. The van der Waals surface area contributed by atoms with Gasteiger partial charge in [0, 0.05) is 23.4 Å². The van der Waals surface area contributed by atoms with Crippen molar-refractivity contribution in [1.29, 1.82) is 0 Å². The van der Waals surface area contributed by atoms with Crippen LogP contribution in [0.15, 0.2) is 83.9 Å². The number of pyridine rings is 1. The number of nitrogens with zero attached hydrogens (tertiary/aromatic N) is 2. The van der Waals surface area contributed by atoms with Gasteiger partial charge < -0.3 is 9.47 Å². The quantitative estimate of drug-likeness (QED) is 0.283. The number of methoxy groups -OCH3 is 1. The highest BCUT2D eigenvalue weighted by Crippen LogP contribution is 2.38. The fourth-order valence-electron chi connectivity index (χ4n) is 4.19. The molecule has 8 heteroatoms. The predicted molar refractivity (Wildman–Crippen MR) is 134 cm³/mol. The van der Waals surface area contributed by atoms with Crippen LogP contribution >= 0.6 is 0 Å². The SMILES string of the molecule is COCc1c(C=O)ncc2c1c1cc(Oc3ccccc3)ccc1n2S(=O)(=O)c1ccc(C)cc1. The number of carbonyl (C=O) groups excluding carboxylic acids is 1. The topological polar surface area (TPSA) is 87.5 Å². The second kappa shape index (κ2) is 8.98. The molecular weight excluding hydrogens is 464 g/mol. The minimum absolute atomic E-state index is 0.0892. The maximum Gasteiger partial charge on any atom is 0.268 e. The van der Waals surface area contributed by atoms with E-state index in [-0.39, 0.29) is 17.2 Å². The van der Waals surface area contributed by atoms with Crippen molar-refractivity contribution in [2.75, 3.05) is 7.11 Å². The van der Waals surface area contributed by atoms with Crippen molar-refractivity contribution in [1.82, 2.24) is 8.96 Å². The molecule has 0 spiro atoms. The van der Waals surface area contributed by atoms with E-state index in [0.29, 0.717) is 45.2 Å². The number of hydrogen-bond donors (Lipinski definition) is 0. The summed E-state index contributed by atoms with van der Waals surface area (Å²) in [6.07, 6.45) is 2.07. The molecule has 0 fully saturated rings. The molecule has 0 N–H and O–H groups in total. The molecule has 0 aliphatic heterocycles. The molecule has 0 saturated carbocycles. The van der Waals surface area contributed by atoms with Gasteiger partial charge in [0.25, 0.3) is 10.0 Å². The van der Waals surface area contributed by atoms with Gasteiger partial charge in [0.1, 0.15) is 17.2 Å². The second-order valence-corrected chi connectivity index (χ2v) is 9.90. The van der Waals surface area contributed by atoms with E-state index in [1.807, 2.05) is 37.3 Å². The van der Waals surface area contributed by atoms with E-state index in [1.54, 1.807) is 42.5 Å². The fourth-order valence-corrected chi connectivity index (χ4v) is 5.69. The number of benzene rings is 3. The first-order valence-corrected chi connectivity index (χ1v) is 12.3. The molecule has 2 aromatic heterocycles. The maximum atomic E-state index is 13.8. The largest absolute Gasteiger partial charge is 0.457 e. The summed E-state index contributed by atoms with van der Waals surface area (Å²) in [4.78, 5) is 16.2. The Balaban J connectivity index is 1.83. The van der Waals surface area contributed by atoms with Gasteiger partial charge in [-0.2, -0.15) is 0 Å². The highest BCUT2D eigenvalue weighted by molar-refractivity contribution is 7.90. The summed E-state index contributed by atoms with van der Waals surface area (Å²) in [6, 6.07) is 21.2. The Morgan fingerprint density at radius 2 is 1.69 bits per heavy atom. The molecule has 35 heavy (non-hydrogen) atoms. The molecule has 176 valence electrons. The van der Waals surface area contributed by atoms with Crippen LogP contribution in [0, 0.1) is 6.92 Å². The lowest BCUT2D eigenvalue weighted by Crippen LogP contribution is -2.13. The van der Waals surface area contributed by atoms with E-state index in [4.69, 9.17) is 9.47 Å². The van der Waals surface area contributed by atoms with Gasteiger partial charge in [0.05, 0.1) is 28.7 Å². The molecule has 7 nitrogen and oxygen atoms in total. The summed E-state index contributed by atoms with van der Waals surface area (Å²) >= 11 is 0. The van der Waals surface area contributed by atoms with Crippen LogP contribution in [0.1, 0.15) is 21.6 Å². The average molecular weight is 487 g/mol. The van der Waals surface area contributed by atoms with Crippen LogP contribution in [-0.4, -0.2) is 30.8 Å². The highest BCUT2D eigenvalue weighted by atomic mass is 32.2. The van der Waals surface area contributed by atoms with E-state index in [2.05, 4.69) is 4.98 Å². The van der Waals surface area contributed by atoms with Crippen molar-refractivity contribution in [3.8, 4) is 11.5 Å². The van der Waals surface area contributed by atoms with Gasteiger partial charge in [-0.15, -0.1) is 0 Å². The third-order valence-corrected chi connectivity index (χ3v) is 7.55. The summed E-state index contributed by atoms with van der Waals surface area (Å²) in [5.41, 5.74) is 2.46. The van der Waals surface area contributed by atoms with Crippen LogP contribution in [0.5, 0.6) is 11.5 Å². The number of aldehydes is 1. The lowest BCUT2D eigenvalue weighted by atomic mass is 10.1. The number of para-hydroxylation sites is 1. The van der Waals surface area contributed by atoms with Crippen LogP contribution in [0.2, 0.25) is 0 Å². The van der Waals surface area contributed by atoms with Crippen LogP contribution in [-0.2, 0) is 21.4 Å². The zero-order valence-electron chi connectivity index (χ0n) is 19.1. The van der Waals surface area contributed by atoms with Crippen molar-refractivity contribution in [3.63, 3.8) is 0 Å². The zero-order chi connectivity index (χ0) is 24.6. The smallest absolute Gasteiger partial charge is 0.268 e. The Bertz CT molecular complexity index is 1660. The lowest BCUT2D eigenvalue weighted by molar-refractivity contribution is 0.111. The first kappa shape index (κ1) is 22.8. The Kier molecular flexibility index (Phi) is 5.84. The second-order valence-electron chi connectivity index (χ2n) is 8.11. The fraction of sp³-hybridized carbons (Fsp3) is 0.111. The maximum absolute atomic E-state index is 13.8. The summed E-state index contributed by atoms with van der Waals surface area (Å²) < 4.78 is 40.3. The van der Waals surface area contributed by atoms with Crippen molar-refractivity contribution >= 4 is 38.1 Å². The van der Waals surface area contributed by atoms with Gasteiger partial charge in [-0.25, -0.2) is 12.4 Å². The third-order valence-electron chi connectivity index (χ3n) is 5.81. The lowest BCUT2D eigenvalue weighted by Gasteiger charge is -2.10. The number of fused-ring (bicyclic) bond motifs is 3. The van der Waals surface area contributed by atoms with E-state index in [0.717, 1.165) is 5.56 Å². The number of ether oxygens (including phenoxy) is 2.